The average Bonchev–Trinajstić information content (AvgIpc) is 2.62. The molecule has 0 radical (unpaired) electrons. The Bertz CT molecular complexity index is 774. The molecule has 2 aromatic carbocycles. The van der Waals surface area contributed by atoms with Crippen LogP contribution in [0.2, 0.25) is 0 Å². The smallest absolute Gasteiger partial charge is 0.313 e. The maximum Gasteiger partial charge on any atom is 0.313 e. The molecule has 2 amide bonds. The van der Waals surface area contributed by atoms with E-state index >= 15 is 0 Å². The molecule has 0 aliphatic heterocycles. The number of nitrogens with one attached hydrogen (secondary N) is 2. The van der Waals surface area contributed by atoms with Gasteiger partial charge in [0.15, 0.2) is 0 Å². The van der Waals surface area contributed by atoms with Crippen molar-refractivity contribution in [2.75, 3.05) is 25.6 Å². The van der Waals surface area contributed by atoms with Crippen LogP contribution >= 0.6 is 0 Å². The third-order valence-electron chi connectivity index (χ3n) is 3.82. The molecule has 0 saturated heterocycles. The molecular weight excluding hydrogens is 332 g/mol. The molecule has 0 atom stereocenters. The molecule has 6 heteroatoms. The van der Waals surface area contributed by atoms with E-state index in [1.54, 1.807) is 31.4 Å². The normalized spacial score (nSPS) is 10.3. The van der Waals surface area contributed by atoms with Crippen molar-refractivity contribution in [2.45, 2.75) is 20.4 Å². The Morgan fingerprint density at radius 3 is 2.50 bits per heavy atom. The van der Waals surface area contributed by atoms with Crippen LogP contribution in [0.3, 0.4) is 0 Å². The third-order valence-corrected chi connectivity index (χ3v) is 3.82. The highest BCUT2D eigenvalue weighted by Gasteiger charge is 2.16. The maximum atomic E-state index is 12.2. The molecule has 0 aliphatic rings. The van der Waals surface area contributed by atoms with Crippen molar-refractivity contribution in [3.05, 3.63) is 59.2 Å². The fourth-order valence-electron chi connectivity index (χ4n) is 2.41. The van der Waals surface area contributed by atoms with Crippen molar-refractivity contribution < 1.29 is 19.1 Å². The molecular formula is C20H24N2O4. The number of carbonyl (C=O) groups excluding carboxylic acids is 2. The SMILES string of the molecule is COCCOc1ccccc1NC(=O)C(=O)NCc1ccc(C)cc1C. The lowest BCUT2D eigenvalue weighted by Crippen LogP contribution is -2.35. The minimum atomic E-state index is -0.738. The molecule has 138 valence electrons. The molecule has 0 bridgehead atoms. The molecule has 0 fully saturated rings. The van der Waals surface area contributed by atoms with Gasteiger partial charge in [0, 0.05) is 13.7 Å². The molecule has 0 aromatic heterocycles. The second kappa shape index (κ2) is 9.58. The first-order valence-electron chi connectivity index (χ1n) is 8.37. The summed E-state index contributed by atoms with van der Waals surface area (Å²) in [5, 5.41) is 5.22. The zero-order chi connectivity index (χ0) is 18.9. The largest absolute Gasteiger partial charge is 0.489 e. The number of para-hydroxylation sites is 2. The Labute approximate surface area is 153 Å². The van der Waals surface area contributed by atoms with Crippen molar-refractivity contribution in [3.63, 3.8) is 0 Å². The fraction of sp³-hybridized carbons (Fsp3) is 0.300. The summed E-state index contributed by atoms with van der Waals surface area (Å²) < 4.78 is 10.5. The van der Waals surface area contributed by atoms with E-state index in [0.29, 0.717) is 31.2 Å². The molecule has 0 unspecified atom stereocenters. The Hall–Kier alpha value is -2.86. The van der Waals surface area contributed by atoms with Crippen molar-refractivity contribution in [1.82, 2.24) is 5.32 Å². The lowest BCUT2D eigenvalue weighted by atomic mass is 10.1. The summed E-state index contributed by atoms with van der Waals surface area (Å²) in [6.45, 7) is 5.06. The van der Waals surface area contributed by atoms with Crippen LogP contribution in [0.15, 0.2) is 42.5 Å². The first kappa shape index (κ1) is 19.5. The number of hydrogen-bond acceptors (Lipinski definition) is 4. The predicted octanol–water partition coefficient (Wildman–Crippen LogP) is 2.58. The Morgan fingerprint density at radius 2 is 1.77 bits per heavy atom. The standard InChI is InChI=1S/C20H24N2O4/c1-14-8-9-16(15(2)12-14)13-21-19(23)20(24)22-17-6-4-5-7-18(17)26-11-10-25-3/h4-9,12H,10-11,13H2,1-3H3,(H,21,23)(H,22,24). The van der Waals surface area contributed by atoms with Gasteiger partial charge in [-0.15, -0.1) is 0 Å². The highest BCUT2D eigenvalue weighted by atomic mass is 16.5. The van der Waals surface area contributed by atoms with Crippen LogP contribution in [0, 0.1) is 13.8 Å². The van der Waals surface area contributed by atoms with Gasteiger partial charge >= 0.3 is 11.8 Å². The zero-order valence-electron chi connectivity index (χ0n) is 15.3. The van der Waals surface area contributed by atoms with Crippen LogP contribution in [-0.4, -0.2) is 32.1 Å². The van der Waals surface area contributed by atoms with Gasteiger partial charge in [-0.25, -0.2) is 0 Å². The molecule has 0 spiro atoms. The summed E-state index contributed by atoms with van der Waals surface area (Å²) in [6.07, 6.45) is 0. The summed E-state index contributed by atoms with van der Waals surface area (Å²) in [5.74, 6) is -0.950. The van der Waals surface area contributed by atoms with Gasteiger partial charge in [-0.3, -0.25) is 9.59 Å². The number of benzene rings is 2. The van der Waals surface area contributed by atoms with E-state index in [1.165, 1.54) is 0 Å². The predicted molar refractivity (Wildman–Crippen MR) is 100 cm³/mol. The monoisotopic (exact) mass is 356 g/mol. The molecule has 2 aromatic rings. The van der Waals surface area contributed by atoms with Crippen molar-refractivity contribution >= 4 is 17.5 Å². The van der Waals surface area contributed by atoms with E-state index in [9.17, 15) is 9.59 Å². The van der Waals surface area contributed by atoms with Gasteiger partial charge < -0.3 is 20.1 Å². The third kappa shape index (κ3) is 5.60. The topological polar surface area (TPSA) is 76.7 Å². The van der Waals surface area contributed by atoms with Crippen LogP contribution < -0.4 is 15.4 Å². The minimum Gasteiger partial charge on any atom is -0.489 e. The van der Waals surface area contributed by atoms with Crippen LogP contribution in [-0.2, 0) is 20.9 Å². The van der Waals surface area contributed by atoms with Crippen molar-refractivity contribution in [2.24, 2.45) is 0 Å². The van der Waals surface area contributed by atoms with Crippen LogP contribution in [0.5, 0.6) is 5.75 Å². The Kier molecular flexibility index (Phi) is 7.17. The number of amides is 2. The first-order chi connectivity index (χ1) is 12.5. The first-order valence-corrected chi connectivity index (χ1v) is 8.37. The number of hydrogen-bond donors (Lipinski definition) is 2. The average molecular weight is 356 g/mol. The van der Waals surface area contributed by atoms with Crippen LogP contribution in [0.1, 0.15) is 16.7 Å². The second-order valence-corrected chi connectivity index (χ2v) is 5.90. The molecule has 26 heavy (non-hydrogen) atoms. The quantitative estimate of drug-likeness (QED) is 0.590. The van der Waals surface area contributed by atoms with E-state index in [1.807, 2.05) is 32.0 Å². The lowest BCUT2D eigenvalue weighted by Gasteiger charge is -2.12. The lowest BCUT2D eigenvalue weighted by molar-refractivity contribution is -0.136. The Balaban J connectivity index is 1.93. The zero-order valence-corrected chi connectivity index (χ0v) is 15.3. The number of anilines is 1. The van der Waals surface area contributed by atoms with Crippen LogP contribution in [0.4, 0.5) is 5.69 Å². The van der Waals surface area contributed by atoms with Crippen molar-refractivity contribution in [3.8, 4) is 5.75 Å². The summed E-state index contributed by atoms with van der Waals surface area (Å²) in [5.41, 5.74) is 3.64. The molecule has 2 rings (SSSR count). The van der Waals surface area contributed by atoms with E-state index in [2.05, 4.69) is 10.6 Å². The summed E-state index contributed by atoms with van der Waals surface area (Å²) in [7, 11) is 1.58. The van der Waals surface area contributed by atoms with E-state index < -0.39 is 11.8 Å². The van der Waals surface area contributed by atoms with E-state index in [4.69, 9.17) is 9.47 Å². The van der Waals surface area contributed by atoms with Gasteiger partial charge in [0.2, 0.25) is 0 Å². The highest BCUT2D eigenvalue weighted by Crippen LogP contribution is 2.23. The molecule has 2 N–H and O–H groups in total. The highest BCUT2D eigenvalue weighted by molar-refractivity contribution is 6.39. The molecule has 0 saturated carbocycles. The van der Waals surface area contributed by atoms with Gasteiger partial charge in [0.05, 0.1) is 12.3 Å². The summed E-state index contributed by atoms with van der Waals surface area (Å²) in [4.78, 5) is 24.2. The van der Waals surface area contributed by atoms with E-state index in [-0.39, 0.29) is 0 Å². The number of methoxy groups -OCH3 is 1. The molecule has 0 aliphatic carbocycles. The van der Waals surface area contributed by atoms with Gasteiger partial charge in [0.1, 0.15) is 12.4 Å². The second-order valence-electron chi connectivity index (χ2n) is 5.90. The van der Waals surface area contributed by atoms with Gasteiger partial charge in [0.25, 0.3) is 0 Å². The number of rotatable bonds is 7. The van der Waals surface area contributed by atoms with E-state index in [0.717, 1.165) is 16.7 Å². The van der Waals surface area contributed by atoms with Crippen LogP contribution in [0.25, 0.3) is 0 Å². The molecule has 6 nitrogen and oxygen atoms in total. The minimum absolute atomic E-state index is 0.296. The van der Waals surface area contributed by atoms with Crippen molar-refractivity contribution in [1.29, 1.82) is 0 Å². The molecule has 0 heterocycles. The number of aryl methyl sites for hydroxylation is 2. The number of carbonyl (C=O) groups is 2. The van der Waals surface area contributed by atoms with Gasteiger partial charge in [-0.1, -0.05) is 35.9 Å². The van der Waals surface area contributed by atoms with Gasteiger partial charge in [-0.05, 0) is 37.1 Å². The van der Waals surface area contributed by atoms with Gasteiger partial charge in [-0.2, -0.15) is 0 Å². The summed E-state index contributed by atoms with van der Waals surface area (Å²) >= 11 is 0. The fourth-order valence-corrected chi connectivity index (χ4v) is 2.41. The summed E-state index contributed by atoms with van der Waals surface area (Å²) in [6, 6.07) is 12.9. The maximum absolute atomic E-state index is 12.2. The number of ether oxygens (including phenoxy) is 2. The Morgan fingerprint density at radius 1 is 1.00 bits per heavy atom.